The van der Waals surface area contributed by atoms with Crippen LogP contribution in [-0.2, 0) is 33.3 Å². The number of esters is 3. The van der Waals surface area contributed by atoms with E-state index >= 15 is 0 Å². The van der Waals surface area contributed by atoms with Gasteiger partial charge < -0.3 is 24.1 Å². The zero-order valence-electron chi connectivity index (χ0n) is 31.8. The van der Waals surface area contributed by atoms with Crippen LogP contribution < -0.4 is 0 Å². The number of aliphatic hydroxyl groups excluding tert-OH is 1. The molecular weight excluding hydrogens is 608 g/mol. The number of aliphatic hydroxyl groups is 1. The highest BCUT2D eigenvalue weighted by Gasteiger charge is 2.22. The van der Waals surface area contributed by atoms with Gasteiger partial charge in [0.15, 0.2) is 6.10 Å². The van der Waals surface area contributed by atoms with Crippen molar-refractivity contribution in [1.29, 1.82) is 0 Å². The van der Waals surface area contributed by atoms with Crippen molar-refractivity contribution in [2.24, 2.45) is 0 Å². The van der Waals surface area contributed by atoms with Crippen LogP contribution in [0.1, 0.15) is 201 Å². The minimum absolute atomic E-state index is 0.0517. The highest BCUT2D eigenvalue weighted by molar-refractivity contribution is 5.71. The van der Waals surface area contributed by atoms with E-state index in [4.69, 9.17) is 24.1 Å². The van der Waals surface area contributed by atoms with Crippen molar-refractivity contribution < 1.29 is 38.4 Å². The average Bonchev–Trinajstić information content (AvgIpc) is 3.06. The molecule has 0 aromatic heterocycles. The van der Waals surface area contributed by atoms with Gasteiger partial charge in [0.05, 0.1) is 5.60 Å². The lowest BCUT2D eigenvalue weighted by atomic mass is 10.0. The Morgan fingerprint density at radius 3 is 1.27 bits per heavy atom. The molecule has 0 radical (unpaired) electrons. The Balaban J connectivity index is 4.36. The third-order valence-electron chi connectivity index (χ3n) is 8.92. The van der Waals surface area contributed by atoms with E-state index in [0.29, 0.717) is 12.8 Å². The lowest BCUT2D eigenvalue weighted by molar-refractivity contribution is -0.170. The normalized spacial score (nSPS) is 12.2. The first-order valence-electron chi connectivity index (χ1n) is 20.0. The van der Waals surface area contributed by atoms with Crippen LogP contribution in [0.4, 0.5) is 0 Å². The van der Waals surface area contributed by atoms with Crippen molar-refractivity contribution in [1.82, 2.24) is 0 Å². The summed E-state index contributed by atoms with van der Waals surface area (Å²) in [6.07, 6.45) is 29.3. The second kappa shape index (κ2) is 33.8. The standard InChI is InChI=1S/C40H76O8/c1-5-7-9-11-13-15-17-19-21-23-25-27-29-37(42)45-33-36(34-46-39(44)35-47-40(3,4)31-32-41)48-38(43)30-28-26-24-22-20-18-16-14-12-10-8-6-2/h36,41H,5-35H2,1-4H3. The largest absolute Gasteiger partial charge is 0.462 e. The second-order valence-electron chi connectivity index (χ2n) is 14.3. The molecule has 0 saturated heterocycles. The third kappa shape index (κ3) is 32.9. The van der Waals surface area contributed by atoms with Gasteiger partial charge in [-0.3, -0.25) is 9.59 Å². The fourth-order valence-corrected chi connectivity index (χ4v) is 5.66. The predicted octanol–water partition coefficient (Wildman–Crippen LogP) is 10.3. The summed E-state index contributed by atoms with van der Waals surface area (Å²) in [5.41, 5.74) is -0.669. The number of carbonyl (C=O) groups is 3. The summed E-state index contributed by atoms with van der Waals surface area (Å²) in [6, 6.07) is 0. The van der Waals surface area contributed by atoms with Gasteiger partial charge >= 0.3 is 17.9 Å². The van der Waals surface area contributed by atoms with Gasteiger partial charge in [0, 0.05) is 19.4 Å². The van der Waals surface area contributed by atoms with Gasteiger partial charge in [-0.05, 0) is 33.1 Å². The fraction of sp³-hybridized carbons (Fsp3) is 0.925. The molecule has 0 aliphatic heterocycles. The van der Waals surface area contributed by atoms with Crippen LogP contribution in [0.25, 0.3) is 0 Å². The fourth-order valence-electron chi connectivity index (χ4n) is 5.66. The summed E-state index contributed by atoms with van der Waals surface area (Å²) < 4.78 is 21.9. The Kier molecular flexibility index (Phi) is 32.6. The van der Waals surface area contributed by atoms with Crippen LogP contribution >= 0.6 is 0 Å². The summed E-state index contributed by atoms with van der Waals surface area (Å²) >= 11 is 0. The SMILES string of the molecule is CCCCCCCCCCCCCCC(=O)OCC(COC(=O)COC(C)(C)CCO)OC(=O)CCCCCCCCCCCCCC. The van der Waals surface area contributed by atoms with Gasteiger partial charge in [0.1, 0.15) is 19.8 Å². The van der Waals surface area contributed by atoms with E-state index < -0.39 is 17.7 Å². The molecule has 8 heteroatoms. The number of hydrogen-bond acceptors (Lipinski definition) is 8. The molecule has 48 heavy (non-hydrogen) atoms. The quantitative estimate of drug-likeness (QED) is 0.0395. The van der Waals surface area contributed by atoms with Crippen LogP contribution in [-0.4, -0.2) is 61.1 Å². The smallest absolute Gasteiger partial charge is 0.332 e. The summed E-state index contributed by atoms with van der Waals surface area (Å²) in [4.78, 5) is 37.3. The predicted molar refractivity (Wildman–Crippen MR) is 195 cm³/mol. The molecular formula is C40H76O8. The van der Waals surface area contributed by atoms with E-state index in [1.807, 2.05) is 0 Å². The molecule has 0 fully saturated rings. The van der Waals surface area contributed by atoms with Gasteiger partial charge in [-0.25, -0.2) is 4.79 Å². The van der Waals surface area contributed by atoms with Gasteiger partial charge in [-0.15, -0.1) is 0 Å². The third-order valence-corrected chi connectivity index (χ3v) is 8.92. The van der Waals surface area contributed by atoms with Gasteiger partial charge in [0.25, 0.3) is 0 Å². The van der Waals surface area contributed by atoms with Crippen LogP contribution in [0, 0.1) is 0 Å². The Morgan fingerprint density at radius 2 is 0.875 bits per heavy atom. The number of hydrogen-bond donors (Lipinski definition) is 1. The average molecular weight is 685 g/mol. The molecule has 1 atom stereocenters. The first-order valence-corrected chi connectivity index (χ1v) is 20.0. The molecule has 0 amide bonds. The molecule has 0 aromatic rings. The van der Waals surface area contributed by atoms with Crippen LogP contribution in [0.3, 0.4) is 0 Å². The Morgan fingerprint density at radius 1 is 0.521 bits per heavy atom. The van der Waals surface area contributed by atoms with Crippen LogP contribution in [0.2, 0.25) is 0 Å². The summed E-state index contributed by atoms with van der Waals surface area (Å²) in [5.74, 6) is -1.31. The number of carbonyl (C=O) groups excluding carboxylic acids is 3. The lowest BCUT2D eigenvalue weighted by Gasteiger charge is -2.24. The van der Waals surface area contributed by atoms with Gasteiger partial charge in [-0.2, -0.15) is 0 Å². The molecule has 1 unspecified atom stereocenters. The van der Waals surface area contributed by atoms with E-state index in [9.17, 15) is 14.4 Å². The highest BCUT2D eigenvalue weighted by atomic mass is 16.6. The second-order valence-corrected chi connectivity index (χ2v) is 14.3. The van der Waals surface area contributed by atoms with Crippen molar-refractivity contribution in [3.8, 4) is 0 Å². The molecule has 0 aliphatic rings. The Labute approximate surface area is 295 Å². The maximum atomic E-state index is 12.6. The van der Waals surface area contributed by atoms with E-state index in [1.165, 1.54) is 116 Å². The number of rotatable bonds is 36. The number of ether oxygens (including phenoxy) is 4. The molecule has 0 aliphatic carbocycles. The topological polar surface area (TPSA) is 108 Å². The first kappa shape index (κ1) is 46.3. The summed E-state index contributed by atoms with van der Waals surface area (Å²) in [6.45, 7) is 7.36. The zero-order valence-corrected chi connectivity index (χ0v) is 31.8. The monoisotopic (exact) mass is 685 g/mol. The van der Waals surface area contributed by atoms with Crippen LogP contribution in [0.15, 0.2) is 0 Å². The van der Waals surface area contributed by atoms with Gasteiger partial charge in [0.2, 0.25) is 0 Å². The van der Waals surface area contributed by atoms with Crippen molar-refractivity contribution in [3.63, 3.8) is 0 Å². The van der Waals surface area contributed by atoms with Crippen molar-refractivity contribution in [2.45, 2.75) is 213 Å². The molecule has 1 N–H and O–H groups in total. The molecule has 0 aromatic carbocycles. The molecule has 0 saturated carbocycles. The Bertz CT molecular complexity index is 754. The van der Waals surface area contributed by atoms with E-state index in [0.717, 1.165) is 38.5 Å². The van der Waals surface area contributed by atoms with Crippen LogP contribution in [0.5, 0.6) is 0 Å². The van der Waals surface area contributed by atoms with E-state index in [2.05, 4.69) is 13.8 Å². The number of unbranched alkanes of at least 4 members (excludes halogenated alkanes) is 22. The zero-order chi connectivity index (χ0) is 35.6. The Hall–Kier alpha value is -1.67. The minimum Gasteiger partial charge on any atom is -0.462 e. The summed E-state index contributed by atoms with van der Waals surface area (Å²) in [5, 5.41) is 9.16. The molecule has 0 heterocycles. The first-order chi connectivity index (χ1) is 23.2. The van der Waals surface area contributed by atoms with Crippen molar-refractivity contribution >= 4 is 17.9 Å². The van der Waals surface area contributed by atoms with E-state index in [-0.39, 0.29) is 44.8 Å². The molecule has 0 spiro atoms. The maximum absolute atomic E-state index is 12.6. The molecule has 0 rings (SSSR count). The summed E-state index contributed by atoms with van der Waals surface area (Å²) in [7, 11) is 0. The highest BCUT2D eigenvalue weighted by Crippen LogP contribution is 2.16. The van der Waals surface area contributed by atoms with Crippen molar-refractivity contribution in [3.05, 3.63) is 0 Å². The molecule has 0 bridgehead atoms. The minimum atomic E-state index is -0.866. The van der Waals surface area contributed by atoms with Gasteiger partial charge in [-0.1, -0.05) is 155 Å². The maximum Gasteiger partial charge on any atom is 0.332 e. The van der Waals surface area contributed by atoms with Crippen molar-refractivity contribution in [2.75, 3.05) is 26.4 Å². The molecule has 8 nitrogen and oxygen atoms in total. The van der Waals surface area contributed by atoms with E-state index in [1.54, 1.807) is 13.8 Å². The molecule has 284 valence electrons. The lowest BCUT2D eigenvalue weighted by Crippen LogP contribution is -2.33.